The van der Waals surface area contributed by atoms with Crippen LogP contribution in [0.2, 0.25) is 0 Å². The van der Waals surface area contributed by atoms with Crippen LogP contribution in [0.3, 0.4) is 0 Å². The summed E-state index contributed by atoms with van der Waals surface area (Å²) in [6, 6.07) is 6.23. The summed E-state index contributed by atoms with van der Waals surface area (Å²) < 4.78 is 15.1. The number of rotatable bonds is 5. The first-order valence-corrected chi connectivity index (χ1v) is 6.95. The van der Waals surface area contributed by atoms with Crippen molar-refractivity contribution in [3.05, 3.63) is 54.2 Å². The number of halogens is 1. The molecule has 0 atom stereocenters. The Hall–Kier alpha value is -2.83. The van der Waals surface area contributed by atoms with Crippen LogP contribution in [0.4, 0.5) is 10.3 Å². The minimum atomic E-state index is -0.308. The second kappa shape index (κ2) is 6.30. The van der Waals surface area contributed by atoms with E-state index in [1.807, 2.05) is 17.8 Å². The van der Waals surface area contributed by atoms with E-state index < -0.39 is 0 Å². The molecule has 3 rings (SSSR count). The van der Waals surface area contributed by atoms with Gasteiger partial charge in [-0.05, 0) is 19.1 Å². The van der Waals surface area contributed by atoms with Gasteiger partial charge in [-0.15, -0.1) is 5.10 Å². The molecule has 6 nitrogen and oxygen atoms in total. The molecule has 7 heteroatoms. The number of nitrogens with zero attached hydrogens (tertiary/aromatic N) is 5. The molecule has 112 valence electrons. The SMILES string of the molecule is CCn1cc(CNc2nncc(-c3cccc(F)c3)n2)cn1. The van der Waals surface area contributed by atoms with Gasteiger partial charge in [-0.2, -0.15) is 10.2 Å². The number of anilines is 1. The van der Waals surface area contributed by atoms with Crippen molar-refractivity contribution < 1.29 is 4.39 Å². The number of aromatic nitrogens is 5. The molecule has 1 N–H and O–H groups in total. The minimum absolute atomic E-state index is 0.308. The number of hydrogen-bond acceptors (Lipinski definition) is 5. The minimum Gasteiger partial charge on any atom is -0.349 e. The first kappa shape index (κ1) is 14.1. The van der Waals surface area contributed by atoms with Gasteiger partial charge in [-0.25, -0.2) is 9.37 Å². The van der Waals surface area contributed by atoms with E-state index >= 15 is 0 Å². The van der Waals surface area contributed by atoms with E-state index in [0.29, 0.717) is 23.8 Å². The third-order valence-electron chi connectivity index (χ3n) is 3.14. The van der Waals surface area contributed by atoms with Gasteiger partial charge in [0.15, 0.2) is 0 Å². The fourth-order valence-corrected chi connectivity index (χ4v) is 2.02. The summed E-state index contributed by atoms with van der Waals surface area (Å²) in [5, 5.41) is 15.1. The van der Waals surface area contributed by atoms with Gasteiger partial charge in [0.1, 0.15) is 5.82 Å². The van der Waals surface area contributed by atoms with Crippen molar-refractivity contribution in [2.24, 2.45) is 0 Å². The molecule has 0 aliphatic heterocycles. The standard InChI is InChI=1S/C15H15FN6/c1-2-22-10-11(8-19-22)7-17-15-20-14(9-18-21-15)12-4-3-5-13(16)6-12/h3-6,8-10H,2,7H2,1H3,(H,17,20,21). The van der Waals surface area contributed by atoms with Gasteiger partial charge in [-0.1, -0.05) is 12.1 Å². The largest absolute Gasteiger partial charge is 0.349 e. The summed E-state index contributed by atoms with van der Waals surface area (Å²) in [6.45, 7) is 3.40. The summed E-state index contributed by atoms with van der Waals surface area (Å²) in [5.74, 6) is 0.0867. The molecule has 2 aromatic heterocycles. The Morgan fingerprint density at radius 3 is 2.95 bits per heavy atom. The first-order chi connectivity index (χ1) is 10.7. The molecule has 0 aliphatic rings. The molecule has 3 aromatic rings. The third-order valence-corrected chi connectivity index (χ3v) is 3.14. The number of nitrogens with one attached hydrogen (secondary N) is 1. The molecule has 1 aromatic carbocycles. The van der Waals surface area contributed by atoms with Crippen molar-refractivity contribution in [1.82, 2.24) is 25.0 Å². The molecule has 0 saturated heterocycles. The van der Waals surface area contributed by atoms with E-state index in [1.165, 1.54) is 18.3 Å². The van der Waals surface area contributed by atoms with Crippen molar-refractivity contribution in [2.45, 2.75) is 20.0 Å². The van der Waals surface area contributed by atoms with Gasteiger partial charge in [0.05, 0.1) is 18.1 Å². The zero-order valence-electron chi connectivity index (χ0n) is 12.1. The van der Waals surface area contributed by atoms with Crippen LogP contribution in [0.1, 0.15) is 12.5 Å². The van der Waals surface area contributed by atoms with Crippen molar-refractivity contribution in [3.8, 4) is 11.3 Å². The van der Waals surface area contributed by atoms with E-state index in [1.54, 1.807) is 18.3 Å². The molecule has 2 heterocycles. The van der Waals surface area contributed by atoms with E-state index in [-0.39, 0.29) is 5.82 Å². The summed E-state index contributed by atoms with van der Waals surface area (Å²) in [4.78, 5) is 4.35. The lowest BCUT2D eigenvalue weighted by Gasteiger charge is -2.04. The molecule has 0 aliphatic carbocycles. The number of benzene rings is 1. The van der Waals surface area contributed by atoms with E-state index in [0.717, 1.165) is 12.1 Å². The lowest BCUT2D eigenvalue weighted by molar-refractivity contribution is 0.628. The third kappa shape index (κ3) is 3.25. The van der Waals surface area contributed by atoms with E-state index in [9.17, 15) is 4.39 Å². The Kier molecular flexibility index (Phi) is 4.04. The Labute approximate surface area is 127 Å². The van der Waals surface area contributed by atoms with Crippen LogP contribution in [0.15, 0.2) is 42.9 Å². The Bertz CT molecular complexity index is 770. The van der Waals surface area contributed by atoms with Gasteiger partial charge < -0.3 is 5.32 Å². The van der Waals surface area contributed by atoms with Gasteiger partial charge >= 0.3 is 0 Å². The average Bonchev–Trinajstić information content (AvgIpc) is 3.01. The Morgan fingerprint density at radius 2 is 2.18 bits per heavy atom. The number of hydrogen-bond donors (Lipinski definition) is 1. The quantitative estimate of drug-likeness (QED) is 0.784. The summed E-state index contributed by atoms with van der Waals surface area (Å²) >= 11 is 0. The maximum absolute atomic E-state index is 13.3. The highest BCUT2D eigenvalue weighted by molar-refractivity contribution is 5.58. The lowest BCUT2D eigenvalue weighted by Crippen LogP contribution is -2.05. The summed E-state index contributed by atoms with van der Waals surface area (Å²) in [5.41, 5.74) is 2.26. The number of aryl methyl sites for hydroxylation is 1. The first-order valence-electron chi connectivity index (χ1n) is 6.95. The fraction of sp³-hybridized carbons (Fsp3) is 0.200. The van der Waals surface area contributed by atoms with Crippen LogP contribution >= 0.6 is 0 Å². The van der Waals surface area contributed by atoms with Gasteiger partial charge in [0.2, 0.25) is 5.95 Å². The lowest BCUT2D eigenvalue weighted by atomic mass is 10.2. The highest BCUT2D eigenvalue weighted by atomic mass is 19.1. The van der Waals surface area contributed by atoms with Gasteiger partial charge in [0, 0.05) is 30.4 Å². The second-order valence-electron chi connectivity index (χ2n) is 4.73. The van der Waals surface area contributed by atoms with Crippen molar-refractivity contribution in [3.63, 3.8) is 0 Å². The zero-order chi connectivity index (χ0) is 15.4. The zero-order valence-corrected chi connectivity index (χ0v) is 12.1. The Morgan fingerprint density at radius 1 is 1.27 bits per heavy atom. The van der Waals surface area contributed by atoms with Crippen molar-refractivity contribution >= 4 is 5.95 Å². The predicted octanol–water partition coefficient (Wildman–Crippen LogP) is 2.51. The van der Waals surface area contributed by atoms with Gasteiger partial charge in [0.25, 0.3) is 0 Å². The molecule has 22 heavy (non-hydrogen) atoms. The van der Waals surface area contributed by atoms with E-state index in [2.05, 4.69) is 25.6 Å². The smallest absolute Gasteiger partial charge is 0.243 e. The molecule has 0 bridgehead atoms. The highest BCUT2D eigenvalue weighted by Crippen LogP contribution is 2.17. The average molecular weight is 298 g/mol. The van der Waals surface area contributed by atoms with Crippen LogP contribution in [0.25, 0.3) is 11.3 Å². The summed E-state index contributed by atoms with van der Waals surface area (Å²) in [6.07, 6.45) is 5.26. The van der Waals surface area contributed by atoms with Crippen LogP contribution in [-0.2, 0) is 13.1 Å². The van der Waals surface area contributed by atoms with Gasteiger partial charge in [-0.3, -0.25) is 4.68 Å². The molecule has 0 amide bonds. The van der Waals surface area contributed by atoms with E-state index in [4.69, 9.17) is 0 Å². The molecule has 0 saturated carbocycles. The topological polar surface area (TPSA) is 68.5 Å². The fourth-order valence-electron chi connectivity index (χ4n) is 2.02. The molecule has 0 fully saturated rings. The second-order valence-corrected chi connectivity index (χ2v) is 4.73. The maximum atomic E-state index is 13.3. The van der Waals surface area contributed by atoms with Crippen molar-refractivity contribution in [1.29, 1.82) is 0 Å². The van der Waals surface area contributed by atoms with Crippen molar-refractivity contribution in [2.75, 3.05) is 5.32 Å². The molecular formula is C15H15FN6. The molecule has 0 spiro atoms. The molecular weight excluding hydrogens is 283 g/mol. The molecule has 0 radical (unpaired) electrons. The Balaban J connectivity index is 1.73. The normalized spacial score (nSPS) is 10.6. The highest BCUT2D eigenvalue weighted by Gasteiger charge is 2.05. The summed E-state index contributed by atoms with van der Waals surface area (Å²) in [7, 11) is 0. The maximum Gasteiger partial charge on any atom is 0.243 e. The van der Waals surface area contributed by atoms with Crippen LogP contribution in [-0.4, -0.2) is 25.0 Å². The predicted molar refractivity (Wildman–Crippen MR) is 80.4 cm³/mol. The van der Waals surface area contributed by atoms with Crippen LogP contribution in [0.5, 0.6) is 0 Å². The van der Waals surface area contributed by atoms with Crippen LogP contribution in [0, 0.1) is 5.82 Å². The van der Waals surface area contributed by atoms with Crippen LogP contribution < -0.4 is 5.32 Å². The molecule has 0 unspecified atom stereocenters. The monoisotopic (exact) mass is 298 g/mol.